The van der Waals surface area contributed by atoms with E-state index in [1.54, 1.807) is 0 Å². The van der Waals surface area contributed by atoms with Crippen LogP contribution in [0.25, 0.3) is 5.53 Å². The van der Waals surface area contributed by atoms with Crippen molar-refractivity contribution in [3.63, 3.8) is 0 Å². The first-order chi connectivity index (χ1) is 6.56. The molecule has 0 amide bonds. The standard InChI is InChI=1S/C9H14N2O3/c1-3-6(4-2)5-7(12)8(11-10)9(13)14/h6H,3-5H2,1-2H3,(H,13,14). The van der Waals surface area contributed by atoms with Crippen LogP contribution >= 0.6 is 0 Å². The van der Waals surface area contributed by atoms with E-state index in [0.29, 0.717) is 0 Å². The summed E-state index contributed by atoms with van der Waals surface area (Å²) < 4.78 is 0. The molecule has 0 aliphatic carbocycles. The Balaban J connectivity index is 4.48. The molecule has 0 fully saturated rings. The van der Waals surface area contributed by atoms with Crippen molar-refractivity contribution in [2.75, 3.05) is 0 Å². The number of hydrogen-bond donors (Lipinski definition) is 1. The van der Waals surface area contributed by atoms with Crippen LogP contribution in [0.4, 0.5) is 0 Å². The summed E-state index contributed by atoms with van der Waals surface area (Å²) in [5.74, 6) is -1.95. The molecule has 0 bridgehead atoms. The van der Waals surface area contributed by atoms with Gasteiger partial charge in [-0.2, -0.15) is 4.79 Å². The van der Waals surface area contributed by atoms with E-state index < -0.39 is 17.5 Å². The minimum absolute atomic E-state index is 0.124. The molecule has 1 N–H and O–H groups in total. The summed E-state index contributed by atoms with van der Waals surface area (Å²) in [6, 6.07) is 0. The van der Waals surface area contributed by atoms with Crippen LogP contribution in [0.5, 0.6) is 0 Å². The van der Waals surface area contributed by atoms with Crippen molar-refractivity contribution in [1.29, 1.82) is 0 Å². The van der Waals surface area contributed by atoms with Crippen molar-refractivity contribution in [2.45, 2.75) is 33.1 Å². The van der Waals surface area contributed by atoms with Crippen LogP contribution in [0.3, 0.4) is 0 Å². The summed E-state index contributed by atoms with van der Waals surface area (Å²) in [6.45, 7) is 3.86. The number of nitrogens with zero attached hydrogens (tertiary/aromatic N) is 2. The quantitative estimate of drug-likeness (QED) is 0.300. The second kappa shape index (κ2) is 6.05. The van der Waals surface area contributed by atoms with E-state index in [1.165, 1.54) is 0 Å². The van der Waals surface area contributed by atoms with Crippen LogP contribution in [0.1, 0.15) is 33.1 Å². The van der Waals surface area contributed by atoms with Gasteiger partial charge in [0.25, 0.3) is 5.78 Å². The maximum absolute atomic E-state index is 11.3. The average molecular weight is 198 g/mol. The Bertz CT molecular complexity index is 276. The van der Waals surface area contributed by atoms with E-state index >= 15 is 0 Å². The lowest BCUT2D eigenvalue weighted by molar-refractivity contribution is -0.136. The third-order valence-corrected chi connectivity index (χ3v) is 2.20. The number of carboxylic acids is 1. The van der Waals surface area contributed by atoms with Crippen molar-refractivity contribution in [3.8, 4) is 0 Å². The first-order valence-electron chi connectivity index (χ1n) is 4.55. The maximum Gasteiger partial charge on any atom is 0.441 e. The van der Waals surface area contributed by atoms with Crippen LogP contribution in [0.15, 0.2) is 0 Å². The summed E-state index contributed by atoms with van der Waals surface area (Å²) in [6.07, 6.45) is 1.74. The molecule has 0 aromatic rings. The largest absolute Gasteiger partial charge is 0.472 e. The van der Waals surface area contributed by atoms with Gasteiger partial charge in [0.15, 0.2) is 0 Å². The Morgan fingerprint density at radius 1 is 1.36 bits per heavy atom. The van der Waals surface area contributed by atoms with Crippen LogP contribution in [0.2, 0.25) is 0 Å². The van der Waals surface area contributed by atoms with Gasteiger partial charge >= 0.3 is 11.7 Å². The Labute approximate surface area is 82.4 Å². The van der Waals surface area contributed by atoms with Gasteiger partial charge < -0.3 is 10.6 Å². The Morgan fingerprint density at radius 2 is 1.86 bits per heavy atom. The fourth-order valence-corrected chi connectivity index (χ4v) is 1.15. The highest BCUT2D eigenvalue weighted by Gasteiger charge is 2.29. The molecule has 0 atom stereocenters. The molecular formula is C9H14N2O3. The van der Waals surface area contributed by atoms with E-state index in [-0.39, 0.29) is 12.3 Å². The SMILES string of the molecule is CCC(CC)CC(=O)C(=[N+]=[N-])C(=O)O. The van der Waals surface area contributed by atoms with Gasteiger partial charge in [-0.25, -0.2) is 4.79 Å². The Kier molecular flexibility index (Phi) is 5.41. The Hall–Kier alpha value is -1.48. The van der Waals surface area contributed by atoms with Crippen LogP contribution in [0, 0.1) is 5.92 Å². The van der Waals surface area contributed by atoms with E-state index in [2.05, 4.69) is 4.79 Å². The third-order valence-electron chi connectivity index (χ3n) is 2.20. The topological polar surface area (TPSA) is 90.8 Å². The Morgan fingerprint density at radius 3 is 2.14 bits per heavy atom. The molecule has 0 radical (unpaired) electrons. The van der Waals surface area contributed by atoms with E-state index in [0.717, 1.165) is 12.8 Å². The van der Waals surface area contributed by atoms with Crippen molar-refractivity contribution < 1.29 is 19.5 Å². The molecule has 5 nitrogen and oxygen atoms in total. The molecule has 14 heavy (non-hydrogen) atoms. The highest BCUT2D eigenvalue weighted by molar-refractivity contribution is 6.61. The molecular weight excluding hydrogens is 184 g/mol. The summed E-state index contributed by atoms with van der Waals surface area (Å²) in [7, 11) is 0. The monoisotopic (exact) mass is 198 g/mol. The van der Waals surface area contributed by atoms with Gasteiger partial charge in [0, 0.05) is 6.42 Å². The number of Topliss-reactive ketones (excluding diaryl/α,β-unsaturated/α-hetero) is 1. The maximum atomic E-state index is 11.3. The number of carboxylic acid groups (broad SMARTS) is 1. The number of hydrogen-bond acceptors (Lipinski definition) is 2. The summed E-state index contributed by atoms with van der Waals surface area (Å²) in [5.41, 5.74) is 7.53. The van der Waals surface area contributed by atoms with Crippen LogP contribution in [-0.4, -0.2) is 27.4 Å². The minimum atomic E-state index is -1.48. The highest BCUT2D eigenvalue weighted by atomic mass is 16.4. The molecule has 0 aliphatic rings. The highest BCUT2D eigenvalue weighted by Crippen LogP contribution is 2.12. The lowest BCUT2D eigenvalue weighted by atomic mass is 9.95. The zero-order valence-corrected chi connectivity index (χ0v) is 8.36. The molecule has 0 aliphatic heterocycles. The van der Waals surface area contributed by atoms with Gasteiger partial charge in [0.05, 0.1) is 0 Å². The average Bonchev–Trinajstić information content (AvgIpc) is 2.14. The molecule has 0 spiro atoms. The van der Waals surface area contributed by atoms with Gasteiger partial charge in [-0.05, 0) is 5.92 Å². The number of ketones is 1. The van der Waals surface area contributed by atoms with Crippen LogP contribution < -0.4 is 0 Å². The minimum Gasteiger partial charge on any atom is -0.472 e. The lowest BCUT2D eigenvalue weighted by Crippen LogP contribution is -2.26. The van der Waals surface area contributed by atoms with Crippen molar-refractivity contribution in [2.24, 2.45) is 5.92 Å². The lowest BCUT2D eigenvalue weighted by Gasteiger charge is -2.07. The number of aliphatic carboxylic acids is 1. The van der Waals surface area contributed by atoms with Crippen LogP contribution in [-0.2, 0) is 9.59 Å². The van der Waals surface area contributed by atoms with Gasteiger partial charge in [-0.3, -0.25) is 4.79 Å². The van der Waals surface area contributed by atoms with Gasteiger partial charge in [-0.1, -0.05) is 26.7 Å². The first kappa shape index (κ1) is 12.5. The fourth-order valence-electron chi connectivity index (χ4n) is 1.15. The smallest absolute Gasteiger partial charge is 0.441 e. The fraction of sp³-hybridized carbons (Fsp3) is 0.667. The van der Waals surface area contributed by atoms with Crippen molar-refractivity contribution >= 4 is 17.5 Å². The molecule has 0 heterocycles. The predicted octanol–water partition coefficient (Wildman–Crippen LogP) is 1.14. The normalized spacial score (nSPS) is 9.64. The summed E-state index contributed by atoms with van der Waals surface area (Å²) in [5, 5.41) is 8.49. The number of rotatable bonds is 6. The van der Waals surface area contributed by atoms with E-state index in [9.17, 15) is 9.59 Å². The van der Waals surface area contributed by atoms with Crippen molar-refractivity contribution in [1.82, 2.24) is 0 Å². The first-order valence-corrected chi connectivity index (χ1v) is 4.55. The van der Waals surface area contributed by atoms with E-state index in [1.807, 2.05) is 13.8 Å². The molecule has 0 rings (SSSR count). The van der Waals surface area contributed by atoms with E-state index in [4.69, 9.17) is 10.6 Å². The number of carbonyl (C=O) groups is 2. The zero-order valence-electron chi connectivity index (χ0n) is 8.36. The molecule has 0 saturated carbocycles. The van der Waals surface area contributed by atoms with Crippen molar-refractivity contribution in [3.05, 3.63) is 5.53 Å². The number of carbonyl (C=O) groups excluding carboxylic acids is 1. The second-order valence-electron chi connectivity index (χ2n) is 3.06. The zero-order chi connectivity index (χ0) is 11.1. The predicted molar refractivity (Wildman–Crippen MR) is 50.0 cm³/mol. The molecule has 0 saturated heterocycles. The molecule has 0 aromatic heterocycles. The van der Waals surface area contributed by atoms with Gasteiger partial charge in [-0.15, -0.1) is 0 Å². The molecule has 78 valence electrons. The summed E-state index contributed by atoms with van der Waals surface area (Å²) in [4.78, 5) is 24.2. The molecule has 0 aromatic carbocycles. The molecule has 5 heteroatoms. The third kappa shape index (κ3) is 3.49. The van der Waals surface area contributed by atoms with Gasteiger partial charge in [0.2, 0.25) is 0 Å². The van der Waals surface area contributed by atoms with Gasteiger partial charge in [0.1, 0.15) is 0 Å². The molecule has 0 unspecified atom stereocenters. The second-order valence-corrected chi connectivity index (χ2v) is 3.06. The summed E-state index contributed by atoms with van der Waals surface area (Å²) >= 11 is 0.